The van der Waals surface area contributed by atoms with Crippen molar-refractivity contribution in [2.45, 2.75) is 32.1 Å². The molecule has 0 saturated carbocycles. The first-order valence-electron chi connectivity index (χ1n) is 7.23. The van der Waals surface area contributed by atoms with Crippen molar-refractivity contribution in [1.82, 2.24) is 4.90 Å². The van der Waals surface area contributed by atoms with Crippen LogP contribution >= 0.6 is 11.6 Å². The molecule has 21 heavy (non-hydrogen) atoms. The molecule has 1 aromatic carbocycles. The smallest absolute Gasteiger partial charge is 0.245 e. The van der Waals surface area contributed by atoms with E-state index in [-0.39, 0.29) is 5.91 Å². The molecule has 4 nitrogen and oxygen atoms in total. The summed E-state index contributed by atoms with van der Waals surface area (Å²) in [7, 11) is 3.14. The van der Waals surface area contributed by atoms with Gasteiger partial charge in [0, 0.05) is 13.1 Å². The zero-order chi connectivity index (χ0) is 15.8. The van der Waals surface area contributed by atoms with E-state index in [1.807, 2.05) is 4.90 Å². The first-order valence-corrected chi connectivity index (χ1v) is 7.67. The largest absolute Gasteiger partial charge is 0.493 e. The molecule has 0 N–H and O–H groups in total. The molecular formula is C16H24ClNO3. The van der Waals surface area contributed by atoms with Crippen LogP contribution in [-0.2, 0) is 4.79 Å². The number of halogens is 1. The summed E-state index contributed by atoms with van der Waals surface area (Å²) in [6.45, 7) is 5.55. The summed E-state index contributed by atoms with van der Waals surface area (Å²) in [4.78, 5) is 14.3. The average molecular weight is 314 g/mol. The second-order valence-electron chi connectivity index (χ2n) is 4.80. The minimum absolute atomic E-state index is 0.0624. The summed E-state index contributed by atoms with van der Waals surface area (Å²) < 4.78 is 10.4. The van der Waals surface area contributed by atoms with Gasteiger partial charge in [0.1, 0.15) is 5.38 Å². The lowest BCUT2D eigenvalue weighted by Crippen LogP contribution is -2.34. The van der Waals surface area contributed by atoms with Crippen molar-refractivity contribution in [2.24, 2.45) is 0 Å². The molecule has 118 valence electrons. The van der Waals surface area contributed by atoms with E-state index < -0.39 is 5.38 Å². The van der Waals surface area contributed by atoms with E-state index >= 15 is 0 Å². The van der Waals surface area contributed by atoms with Crippen molar-refractivity contribution in [3.05, 3.63) is 23.8 Å². The van der Waals surface area contributed by atoms with Gasteiger partial charge >= 0.3 is 0 Å². The Hall–Kier alpha value is -1.42. The molecule has 0 aliphatic carbocycles. The van der Waals surface area contributed by atoms with Crippen molar-refractivity contribution in [3.63, 3.8) is 0 Å². The van der Waals surface area contributed by atoms with Gasteiger partial charge in [0.2, 0.25) is 5.91 Å². The fraction of sp³-hybridized carbons (Fsp3) is 0.562. The maximum atomic E-state index is 12.5. The molecule has 0 aromatic heterocycles. The normalized spacial score (nSPS) is 11.9. The Balaban J connectivity index is 2.95. The van der Waals surface area contributed by atoms with Crippen LogP contribution in [0.25, 0.3) is 0 Å². The van der Waals surface area contributed by atoms with Crippen molar-refractivity contribution < 1.29 is 14.3 Å². The van der Waals surface area contributed by atoms with Crippen LogP contribution in [0, 0.1) is 0 Å². The zero-order valence-corrected chi connectivity index (χ0v) is 13.9. The molecule has 0 fully saturated rings. The number of carbonyl (C=O) groups excluding carboxylic acids is 1. The lowest BCUT2D eigenvalue weighted by molar-refractivity contribution is -0.131. The predicted molar refractivity (Wildman–Crippen MR) is 85.3 cm³/mol. The fourth-order valence-corrected chi connectivity index (χ4v) is 2.46. The third-order valence-corrected chi connectivity index (χ3v) is 3.65. The Morgan fingerprint density at radius 3 is 2.19 bits per heavy atom. The first-order chi connectivity index (χ1) is 10.1. The van der Waals surface area contributed by atoms with E-state index in [4.69, 9.17) is 21.1 Å². The van der Waals surface area contributed by atoms with E-state index in [0.29, 0.717) is 11.5 Å². The van der Waals surface area contributed by atoms with Gasteiger partial charge in [0.15, 0.2) is 11.5 Å². The highest BCUT2D eigenvalue weighted by atomic mass is 35.5. The highest BCUT2D eigenvalue weighted by Gasteiger charge is 2.24. The summed E-state index contributed by atoms with van der Waals surface area (Å²) in [6.07, 6.45) is 1.84. The van der Waals surface area contributed by atoms with E-state index in [0.717, 1.165) is 31.5 Å². The minimum Gasteiger partial charge on any atom is -0.493 e. The number of hydrogen-bond donors (Lipinski definition) is 0. The second-order valence-corrected chi connectivity index (χ2v) is 5.24. The van der Waals surface area contributed by atoms with Gasteiger partial charge in [-0.25, -0.2) is 0 Å². The third-order valence-electron chi connectivity index (χ3n) is 3.22. The first kappa shape index (κ1) is 17.6. The summed E-state index contributed by atoms with van der Waals surface area (Å²) in [5, 5.41) is -0.706. The summed E-state index contributed by atoms with van der Waals surface area (Å²) in [5.41, 5.74) is 0.719. The molecule has 0 radical (unpaired) electrons. The number of nitrogens with zero attached hydrogens (tertiary/aromatic N) is 1. The van der Waals surface area contributed by atoms with E-state index in [1.54, 1.807) is 32.4 Å². The van der Waals surface area contributed by atoms with E-state index in [2.05, 4.69) is 13.8 Å². The van der Waals surface area contributed by atoms with Crippen molar-refractivity contribution in [1.29, 1.82) is 0 Å². The van der Waals surface area contributed by atoms with Gasteiger partial charge in [-0.2, -0.15) is 0 Å². The highest BCUT2D eigenvalue weighted by molar-refractivity contribution is 6.30. The molecule has 5 heteroatoms. The molecule has 1 unspecified atom stereocenters. The SMILES string of the molecule is CCCN(CCC)C(=O)C(Cl)c1ccc(OC)c(OC)c1. The van der Waals surface area contributed by atoms with Crippen LogP contribution < -0.4 is 9.47 Å². The molecular weight excluding hydrogens is 290 g/mol. The van der Waals surface area contributed by atoms with Crippen LogP contribution in [0.3, 0.4) is 0 Å². The molecule has 0 bridgehead atoms. The fourth-order valence-electron chi connectivity index (χ4n) is 2.19. The van der Waals surface area contributed by atoms with Crippen molar-refractivity contribution >= 4 is 17.5 Å². The van der Waals surface area contributed by atoms with Crippen LogP contribution in [0.4, 0.5) is 0 Å². The minimum atomic E-state index is -0.706. The van der Waals surface area contributed by atoms with Crippen LogP contribution in [0.5, 0.6) is 11.5 Å². The van der Waals surface area contributed by atoms with Crippen LogP contribution in [0.2, 0.25) is 0 Å². The number of carbonyl (C=O) groups is 1. The molecule has 1 atom stereocenters. The number of benzene rings is 1. The average Bonchev–Trinajstić information content (AvgIpc) is 2.52. The summed E-state index contributed by atoms with van der Waals surface area (Å²) >= 11 is 6.36. The van der Waals surface area contributed by atoms with Crippen molar-refractivity contribution in [2.75, 3.05) is 27.3 Å². The molecule has 0 aliphatic heterocycles. The Bertz CT molecular complexity index is 459. The Morgan fingerprint density at radius 2 is 1.71 bits per heavy atom. The lowest BCUT2D eigenvalue weighted by Gasteiger charge is -2.24. The molecule has 0 saturated heterocycles. The van der Waals surface area contributed by atoms with Gasteiger partial charge in [-0.15, -0.1) is 11.6 Å². The molecule has 0 heterocycles. The van der Waals surface area contributed by atoms with E-state index in [1.165, 1.54) is 0 Å². The van der Waals surface area contributed by atoms with Gasteiger partial charge in [-0.05, 0) is 30.5 Å². The second kappa shape index (κ2) is 8.78. The number of methoxy groups -OCH3 is 2. The number of alkyl halides is 1. The number of hydrogen-bond acceptors (Lipinski definition) is 3. The van der Waals surface area contributed by atoms with Gasteiger partial charge in [0.25, 0.3) is 0 Å². The van der Waals surface area contributed by atoms with E-state index in [9.17, 15) is 4.79 Å². The van der Waals surface area contributed by atoms with Gasteiger partial charge in [-0.3, -0.25) is 4.79 Å². The Labute approximate surface area is 132 Å². The molecule has 1 amide bonds. The lowest BCUT2D eigenvalue weighted by atomic mass is 10.1. The maximum absolute atomic E-state index is 12.5. The molecule has 1 rings (SSSR count). The van der Waals surface area contributed by atoms with Crippen LogP contribution in [0.1, 0.15) is 37.6 Å². The van der Waals surface area contributed by atoms with Crippen LogP contribution in [0.15, 0.2) is 18.2 Å². The maximum Gasteiger partial charge on any atom is 0.245 e. The van der Waals surface area contributed by atoms with Crippen molar-refractivity contribution in [3.8, 4) is 11.5 Å². The number of rotatable bonds is 8. The van der Waals surface area contributed by atoms with Crippen LogP contribution in [-0.4, -0.2) is 38.1 Å². The molecule has 0 spiro atoms. The zero-order valence-electron chi connectivity index (χ0n) is 13.2. The topological polar surface area (TPSA) is 38.8 Å². The summed E-state index contributed by atoms with van der Waals surface area (Å²) in [6, 6.07) is 5.32. The highest BCUT2D eigenvalue weighted by Crippen LogP contribution is 2.32. The number of amides is 1. The molecule has 0 aliphatic rings. The van der Waals surface area contributed by atoms with Gasteiger partial charge in [0.05, 0.1) is 14.2 Å². The molecule has 1 aromatic rings. The standard InChI is InChI=1S/C16H24ClNO3/c1-5-9-18(10-6-2)16(19)15(17)12-7-8-13(20-3)14(11-12)21-4/h7-8,11,15H,5-6,9-10H2,1-4H3. The van der Waals surface area contributed by atoms with Gasteiger partial charge in [-0.1, -0.05) is 19.9 Å². The number of ether oxygens (including phenoxy) is 2. The quantitative estimate of drug-likeness (QED) is 0.688. The Morgan fingerprint density at radius 1 is 1.14 bits per heavy atom. The third kappa shape index (κ3) is 4.53. The summed E-state index contributed by atoms with van der Waals surface area (Å²) in [5.74, 6) is 1.13. The monoisotopic (exact) mass is 313 g/mol. The van der Waals surface area contributed by atoms with Gasteiger partial charge < -0.3 is 14.4 Å². The predicted octanol–water partition coefficient (Wildman–Crippen LogP) is 3.63. The Kier molecular flexibility index (Phi) is 7.37.